The number of carbonyl (C=O) groups excluding carboxylic acids is 6. The maximum absolute atomic E-state index is 13.6. The van der Waals surface area contributed by atoms with E-state index in [1.54, 1.807) is 51.1 Å². The number of rotatable bonds is 8. The number of nitrogens with zero attached hydrogens (tertiary/aromatic N) is 3. The predicted octanol–water partition coefficient (Wildman–Crippen LogP) is 0.800. The minimum absolute atomic E-state index is 0.0197. The number of ether oxygens (including phenoxy) is 1. The van der Waals surface area contributed by atoms with Gasteiger partial charge in [0.2, 0.25) is 17.6 Å². The third-order valence-electron chi connectivity index (χ3n) is 6.19. The van der Waals surface area contributed by atoms with E-state index in [0.29, 0.717) is 12.0 Å². The molecule has 2 N–H and O–H groups in total. The molecule has 1 aromatic carbocycles. The number of hydrazine groups is 1. The van der Waals surface area contributed by atoms with Gasteiger partial charge in [-0.15, -0.1) is 0 Å². The molecule has 12 nitrogen and oxygen atoms in total. The van der Waals surface area contributed by atoms with Crippen molar-refractivity contribution in [3.8, 4) is 0 Å². The second-order valence-corrected chi connectivity index (χ2v) is 10.4. The van der Waals surface area contributed by atoms with Gasteiger partial charge < -0.3 is 15.4 Å². The highest BCUT2D eigenvalue weighted by molar-refractivity contribution is 6.34. The molecule has 39 heavy (non-hydrogen) atoms. The minimum atomic E-state index is -1.06. The normalized spacial score (nSPS) is 20.6. The quantitative estimate of drug-likeness (QED) is 0.280. The third kappa shape index (κ3) is 7.71. The van der Waals surface area contributed by atoms with Crippen molar-refractivity contribution in [3.63, 3.8) is 0 Å². The van der Waals surface area contributed by atoms with Gasteiger partial charge in [-0.1, -0.05) is 18.2 Å². The zero-order valence-corrected chi connectivity index (χ0v) is 22.6. The summed E-state index contributed by atoms with van der Waals surface area (Å²) in [6.07, 6.45) is 1.77. The molecule has 0 spiro atoms. The first-order chi connectivity index (χ1) is 18.4. The van der Waals surface area contributed by atoms with Crippen LogP contribution in [-0.2, 0) is 28.7 Å². The van der Waals surface area contributed by atoms with Crippen molar-refractivity contribution in [3.05, 3.63) is 35.9 Å². The van der Waals surface area contributed by atoms with Crippen LogP contribution in [0.3, 0.4) is 0 Å². The number of hydrogen-bond donors (Lipinski definition) is 2. The summed E-state index contributed by atoms with van der Waals surface area (Å²) in [7, 11) is 1.45. The fourth-order valence-corrected chi connectivity index (χ4v) is 4.46. The van der Waals surface area contributed by atoms with Gasteiger partial charge in [0, 0.05) is 38.2 Å². The highest BCUT2D eigenvalue weighted by atomic mass is 16.6. The molecule has 4 amide bonds. The number of benzene rings is 1. The molecule has 2 saturated heterocycles. The topological polar surface area (TPSA) is 155 Å². The molecule has 1 unspecified atom stereocenters. The number of nitrogens with one attached hydrogen (secondary N) is 2. The average molecular weight is 542 g/mol. The largest absolute Gasteiger partial charge is 0.454 e. The SMILES string of the molecule is CN=C[C@H](CC(=O)C(=O)OC(C)(C)C)NC(=O)[C@@H]1CCCN2C(=O)CCC(NC(=O)c3ccccc3)C(=O)N12. The lowest BCUT2D eigenvalue weighted by Gasteiger charge is -2.43. The predicted molar refractivity (Wildman–Crippen MR) is 140 cm³/mol. The summed E-state index contributed by atoms with van der Waals surface area (Å²) in [5.74, 6) is -3.85. The van der Waals surface area contributed by atoms with Crippen LogP contribution >= 0.6 is 0 Å². The fourth-order valence-electron chi connectivity index (χ4n) is 4.46. The van der Waals surface area contributed by atoms with Gasteiger partial charge in [-0.3, -0.25) is 34.0 Å². The molecular weight excluding hydrogens is 506 g/mol. The highest BCUT2D eigenvalue weighted by Gasteiger charge is 2.45. The number of fused-ring (bicyclic) bond motifs is 1. The number of carbonyl (C=O) groups is 6. The number of amides is 4. The van der Waals surface area contributed by atoms with Crippen LogP contribution in [0.4, 0.5) is 0 Å². The molecule has 2 fully saturated rings. The van der Waals surface area contributed by atoms with E-state index in [9.17, 15) is 28.8 Å². The maximum atomic E-state index is 13.6. The molecule has 3 rings (SSSR count). The lowest BCUT2D eigenvalue weighted by molar-refractivity contribution is -0.176. The second kappa shape index (κ2) is 12.6. The van der Waals surface area contributed by atoms with Gasteiger partial charge in [-0.05, 0) is 52.2 Å². The van der Waals surface area contributed by atoms with Gasteiger partial charge in [0.05, 0.1) is 6.04 Å². The zero-order valence-electron chi connectivity index (χ0n) is 22.6. The van der Waals surface area contributed by atoms with E-state index in [2.05, 4.69) is 15.6 Å². The van der Waals surface area contributed by atoms with E-state index in [4.69, 9.17) is 4.74 Å². The molecule has 0 aromatic heterocycles. The van der Waals surface area contributed by atoms with Gasteiger partial charge in [0.15, 0.2) is 0 Å². The van der Waals surface area contributed by atoms with Crippen LogP contribution in [0.2, 0.25) is 0 Å². The summed E-state index contributed by atoms with van der Waals surface area (Å²) in [6, 6.07) is 5.37. The smallest absolute Gasteiger partial charge is 0.375 e. The summed E-state index contributed by atoms with van der Waals surface area (Å²) < 4.78 is 5.11. The molecule has 0 aliphatic carbocycles. The van der Waals surface area contributed by atoms with Gasteiger partial charge >= 0.3 is 5.97 Å². The molecule has 0 saturated carbocycles. The van der Waals surface area contributed by atoms with Crippen LogP contribution in [0.15, 0.2) is 35.3 Å². The van der Waals surface area contributed by atoms with Gasteiger partial charge in [-0.25, -0.2) is 9.80 Å². The molecule has 2 aliphatic rings. The first kappa shape index (κ1) is 29.5. The van der Waals surface area contributed by atoms with Crippen LogP contribution in [0.25, 0.3) is 0 Å². The first-order valence-corrected chi connectivity index (χ1v) is 12.9. The summed E-state index contributed by atoms with van der Waals surface area (Å²) in [4.78, 5) is 81.2. The van der Waals surface area contributed by atoms with Crippen LogP contribution in [0.1, 0.15) is 63.2 Å². The minimum Gasteiger partial charge on any atom is -0.454 e. The lowest BCUT2D eigenvalue weighted by Crippen LogP contribution is -2.64. The molecule has 2 heterocycles. The molecular formula is C27H35N5O7. The lowest BCUT2D eigenvalue weighted by atomic mass is 10.0. The summed E-state index contributed by atoms with van der Waals surface area (Å²) in [5, 5.41) is 7.76. The number of aliphatic imine (C=N–C) groups is 1. The zero-order chi connectivity index (χ0) is 28.7. The van der Waals surface area contributed by atoms with Crippen molar-refractivity contribution in [1.82, 2.24) is 20.7 Å². The average Bonchev–Trinajstić information content (AvgIpc) is 3.00. The molecule has 2 aliphatic heterocycles. The van der Waals surface area contributed by atoms with Crippen molar-refractivity contribution >= 4 is 41.6 Å². The maximum Gasteiger partial charge on any atom is 0.375 e. The van der Waals surface area contributed by atoms with Crippen LogP contribution in [-0.4, -0.2) is 88.9 Å². The Hall–Kier alpha value is -4.09. The summed E-state index contributed by atoms with van der Waals surface area (Å²) in [5.41, 5.74) is -0.496. The molecule has 0 bridgehead atoms. The van der Waals surface area contributed by atoms with Crippen molar-refractivity contribution in [1.29, 1.82) is 0 Å². The standard InChI is InChI=1S/C27H35N5O7/c1-27(2,3)39-26(38)21(33)15-18(16-28-4)29-24(36)20-11-8-14-31-22(34)13-12-19(25(37)32(20)31)30-23(35)17-9-6-5-7-10-17/h5-7,9-10,16,18-20H,8,11-15H2,1-4H3,(H,29,36)(H,30,35)/t18-,19?,20-/m0/s1. The molecule has 0 radical (unpaired) electrons. The number of ketones is 1. The fraction of sp³-hybridized carbons (Fsp3) is 0.519. The Morgan fingerprint density at radius 2 is 1.82 bits per heavy atom. The molecule has 3 atom stereocenters. The van der Waals surface area contributed by atoms with E-state index >= 15 is 0 Å². The van der Waals surface area contributed by atoms with Crippen molar-refractivity contribution in [2.45, 2.75) is 76.6 Å². The van der Waals surface area contributed by atoms with Crippen LogP contribution < -0.4 is 10.6 Å². The Morgan fingerprint density at radius 1 is 1.13 bits per heavy atom. The van der Waals surface area contributed by atoms with E-state index in [-0.39, 0.29) is 31.7 Å². The van der Waals surface area contributed by atoms with Crippen LogP contribution in [0.5, 0.6) is 0 Å². The summed E-state index contributed by atoms with van der Waals surface area (Å²) >= 11 is 0. The second-order valence-electron chi connectivity index (χ2n) is 10.4. The number of hydrogen-bond acceptors (Lipinski definition) is 8. The molecule has 1 aromatic rings. The van der Waals surface area contributed by atoms with Crippen LogP contribution in [0, 0.1) is 0 Å². The van der Waals surface area contributed by atoms with E-state index < -0.39 is 59.6 Å². The summed E-state index contributed by atoms with van der Waals surface area (Å²) in [6.45, 7) is 5.16. The van der Waals surface area contributed by atoms with Crippen molar-refractivity contribution in [2.75, 3.05) is 13.6 Å². The van der Waals surface area contributed by atoms with E-state index in [0.717, 1.165) is 5.01 Å². The number of Topliss-reactive ketones (excluding diaryl/α,β-unsaturated/α-hetero) is 1. The van der Waals surface area contributed by atoms with Gasteiger partial charge in [-0.2, -0.15) is 0 Å². The Labute approximate surface area is 227 Å². The Kier molecular flexibility index (Phi) is 9.55. The Morgan fingerprint density at radius 3 is 2.46 bits per heavy atom. The monoisotopic (exact) mass is 541 g/mol. The third-order valence-corrected chi connectivity index (χ3v) is 6.19. The van der Waals surface area contributed by atoms with Crippen molar-refractivity contribution in [2.24, 2.45) is 4.99 Å². The molecule has 210 valence electrons. The Balaban J connectivity index is 1.77. The van der Waals surface area contributed by atoms with Gasteiger partial charge in [0.1, 0.15) is 17.7 Å². The Bertz CT molecular complexity index is 1140. The first-order valence-electron chi connectivity index (χ1n) is 12.9. The van der Waals surface area contributed by atoms with Crippen molar-refractivity contribution < 1.29 is 33.5 Å². The highest BCUT2D eigenvalue weighted by Crippen LogP contribution is 2.25. The van der Waals surface area contributed by atoms with E-state index in [1.165, 1.54) is 18.3 Å². The van der Waals surface area contributed by atoms with E-state index in [1.807, 2.05) is 0 Å². The molecule has 12 heteroatoms. The number of esters is 1. The van der Waals surface area contributed by atoms with Gasteiger partial charge in [0.25, 0.3) is 11.8 Å².